The minimum absolute atomic E-state index is 0.0880. The van der Waals surface area contributed by atoms with Gasteiger partial charge >= 0.3 is 0 Å². The van der Waals surface area contributed by atoms with E-state index in [4.69, 9.17) is 0 Å². The molecule has 0 bridgehead atoms. The van der Waals surface area contributed by atoms with Crippen LogP contribution in [0.2, 0.25) is 0 Å². The van der Waals surface area contributed by atoms with Gasteiger partial charge in [0.1, 0.15) is 0 Å². The van der Waals surface area contributed by atoms with Crippen molar-refractivity contribution in [1.29, 1.82) is 0 Å². The summed E-state index contributed by atoms with van der Waals surface area (Å²) in [4.78, 5) is 0. The van der Waals surface area contributed by atoms with Gasteiger partial charge in [-0.15, -0.1) is 0 Å². The Morgan fingerprint density at radius 3 is 2.50 bits per heavy atom. The normalized spacial score (nSPS) is 33.5. The van der Waals surface area contributed by atoms with Gasteiger partial charge in [-0.25, -0.2) is 8.42 Å². The van der Waals surface area contributed by atoms with Crippen LogP contribution in [0.15, 0.2) is 30.3 Å². The van der Waals surface area contributed by atoms with Gasteiger partial charge in [-0.1, -0.05) is 30.3 Å². The Morgan fingerprint density at radius 2 is 1.94 bits per heavy atom. The van der Waals surface area contributed by atoms with E-state index in [2.05, 4.69) is 0 Å². The summed E-state index contributed by atoms with van der Waals surface area (Å²) in [6, 6.07) is 9.53. The molecule has 0 spiro atoms. The van der Waals surface area contributed by atoms with Gasteiger partial charge in [0.15, 0.2) is 9.84 Å². The Balaban J connectivity index is 2.30. The first-order valence-electron chi connectivity index (χ1n) is 5.36. The average molecular weight is 240 g/mol. The standard InChI is InChI=1S/C12H16O3S/c1-12(13)7-11(8-16(14,15)9-12)10-5-3-2-4-6-10/h2-6,11,13H,7-9H2,1H3. The topological polar surface area (TPSA) is 54.4 Å². The Labute approximate surface area is 96.0 Å². The molecule has 1 saturated heterocycles. The van der Waals surface area contributed by atoms with Crippen molar-refractivity contribution in [2.75, 3.05) is 11.5 Å². The fourth-order valence-electron chi connectivity index (χ4n) is 2.43. The Hall–Kier alpha value is -0.870. The van der Waals surface area contributed by atoms with Crippen molar-refractivity contribution in [3.8, 4) is 0 Å². The molecule has 16 heavy (non-hydrogen) atoms. The molecule has 1 N–H and O–H groups in total. The predicted molar refractivity (Wildman–Crippen MR) is 63.1 cm³/mol. The highest BCUT2D eigenvalue weighted by Crippen LogP contribution is 2.33. The predicted octanol–water partition coefficient (Wildman–Crippen LogP) is 1.34. The molecule has 88 valence electrons. The molecule has 0 amide bonds. The fourth-order valence-corrected chi connectivity index (χ4v) is 4.53. The molecule has 0 radical (unpaired) electrons. The highest BCUT2D eigenvalue weighted by molar-refractivity contribution is 7.91. The lowest BCUT2D eigenvalue weighted by Gasteiger charge is -2.33. The largest absolute Gasteiger partial charge is 0.389 e. The van der Waals surface area contributed by atoms with Gasteiger partial charge in [0, 0.05) is 5.92 Å². The van der Waals surface area contributed by atoms with Crippen molar-refractivity contribution in [2.45, 2.75) is 24.9 Å². The molecule has 1 aromatic rings. The zero-order chi connectivity index (χ0) is 11.8. The van der Waals surface area contributed by atoms with Crippen molar-refractivity contribution in [2.24, 2.45) is 0 Å². The van der Waals surface area contributed by atoms with Crippen LogP contribution < -0.4 is 0 Å². The highest BCUT2D eigenvalue weighted by atomic mass is 32.2. The van der Waals surface area contributed by atoms with Crippen LogP contribution in [0.4, 0.5) is 0 Å². The number of hydrogen-bond acceptors (Lipinski definition) is 3. The number of hydrogen-bond donors (Lipinski definition) is 1. The molecule has 2 rings (SSSR count). The van der Waals surface area contributed by atoms with Crippen LogP contribution in [-0.2, 0) is 9.84 Å². The first kappa shape index (κ1) is 11.6. The first-order chi connectivity index (χ1) is 7.38. The molecule has 0 aliphatic carbocycles. The van der Waals surface area contributed by atoms with E-state index in [1.54, 1.807) is 6.92 Å². The first-order valence-corrected chi connectivity index (χ1v) is 7.18. The summed E-state index contributed by atoms with van der Waals surface area (Å²) in [5.41, 5.74) is -0.108. The Morgan fingerprint density at radius 1 is 1.31 bits per heavy atom. The molecule has 1 fully saturated rings. The van der Waals surface area contributed by atoms with E-state index in [1.807, 2.05) is 30.3 Å². The quantitative estimate of drug-likeness (QED) is 0.806. The molecule has 1 heterocycles. The van der Waals surface area contributed by atoms with E-state index in [0.29, 0.717) is 6.42 Å². The van der Waals surface area contributed by atoms with Crippen LogP contribution in [0.3, 0.4) is 0 Å². The van der Waals surface area contributed by atoms with Crippen molar-refractivity contribution < 1.29 is 13.5 Å². The van der Waals surface area contributed by atoms with E-state index in [-0.39, 0.29) is 17.4 Å². The monoisotopic (exact) mass is 240 g/mol. The third-order valence-corrected chi connectivity index (χ3v) is 4.92. The summed E-state index contributed by atoms with van der Waals surface area (Å²) in [6.07, 6.45) is 0.510. The maximum atomic E-state index is 11.7. The average Bonchev–Trinajstić information content (AvgIpc) is 2.14. The maximum absolute atomic E-state index is 11.7. The van der Waals surface area contributed by atoms with Crippen LogP contribution in [0, 0.1) is 0 Å². The van der Waals surface area contributed by atoms with Crippen molar-refractivity contribution in [3.63, 3.8) is 0 Å². The van der Waals surface area contributed by atoms with Gasteiger partial charge in [-0.05, 0) is 18.9 Å². The highest BCUT2D eigenvalue weighted by Gasteiger charge is 2.39. The van der Waals surface area contributed by atoms with Gasteiger partial charge < -0.3 is 5.11 Å². The van der Waals surface area contributed by atoms with Gasteiger partial charge in [-0.2, -0.15) is 0 Å². The second kappa shape index (κ2) is 3.86. The van der Waals surface area contributed by atoms with E-state index in [1.165, 1.54) is 0 Å². The molecule has 1 aliphatic heterocycles. The maximum Gasteiger partial charge on any atom is 0.153 e. The number of benzene rings is 1. The van der Waals surface area contributed by atoms with Crippen LogP contribution in [0.25, 0.3) is 0 Å². The molecule has 1 aliphatic rings. The minimum Gasteiger partial charge on any atom is -0.389 e. The molecule has 4 heteroatoms. The third-order valence-electron chi connectivity index (χ3n) is 2.94. The molecule has 0 saturated carbocycles. The smallest absolute Gasteiger partial charge is 0.153 e. The van der Waals surface area contributed by atoms with Gasteiger partial charge in [0.25, 0.3) is 0 Å². The fraction of sp³-hybridized carbons (Fsp3) is 0.500. The summed E-state index contributed by atoms with van der Waals surface area (Å²) < 4.78 is 23.4. The van der Waals surface area contributed by atoms with Gasteiger partial charge in [0.2, 0.25) is 0 Å². The van der Waals surface area contributed by atoms with Crippen molar-refractivity contribution >= 4 is 9.84 Å². The second-order valence-corrected chi connectivity index (χ2v) is 6.97. The summed E-state index contributed by atoms with van der Waals surface area (Å²) in [5.74, 6) is -0.0637. The number of aliphatic hydroxyl groups is 1. The summed E-state index contributed by atoms with van der Waals surface area (Å²) >= 11 is 0. The molecular weight excluding hydrogens is 224 g/mol. The van der Waals surface area contributed by atoms with Crippen molar-refractivity contribution in [1.82, 2.24) is 0 Å². The van der Waals surface area contributed by atoms with E-state index in [9.17, 15) is 13.5 Å². The third kappa shape index (κ3) is 2.62. The second-order valence-electron chi connectivity index (χ2n) is 4.86. The lowest BCUT2D eigenvalue weighted by molar-refractivity contribution is 0.0637. The van der Waals surface area contributed by atoms with E-state index in [0.717, 1.165) is 5.56 Å². The number of sulfone groups is 1. The lowest BCUT2D eigenvalue weighted by Crippen LogP contribution is -2.43. The van der Waals surface area contributed by atoms with Crippen LogP contribution in [0.1, 0.15) is 24.8 Å². The van der Waals surface area contributed by atoms with Crippen molar-refractivity contribution in [3.05, 3.63) is 35.9 Å². The Bertz CT molecular complexity index is 462. The molecule has 3 nitrogen and oxygen atoms in total. The minimum atomic E-state index is -3.14. The summed E-state index contributed by atoms with van der Waals surface area (Å²) in [6.45, 7) is 1.60. The molecule has 2 atom stereocenters. The van der Waals surface area contributed by atoms with Crippen LogP contribution >= 0.6 is 0 Å². The summed E-state index contributed by atoms with van der Waals surface area (Å²) in [7, 11) is -3.14. The molecule has 2 unspecified atom stereocenters. The van der Waals surface area contributed by atoms with Gasteiger partial charge in [0.05, 0.1) is 17.1 Å². The van der Waals surface area contributed by atoms with E-state index < -0.39 is 15.4 Å². The zero-order valence-corrected chi connectivity index (χ0v) is 10.1. The van der Waals surface area contributed by atoms with E-state index >= 15 is 0 Å². The summed E-state index contributed by atoms with van der Waals surface area (Å²) in [5, 5.41) is 9.96. The molecular formula is C12H16O3S. The van der Waals surface area contributed by atoms with Crippen LogP contribution in [-0.4, -0.2) is 30.6 Å². The lowest BCUT2D eigenvalue weighted by atomic mass is 9.89. The van der Waals surface area contributed by atoms with Crippen LogP contribution in [0.5, 0.6) is 0 Å². The molecule has 0 aromatic heterocycles. The van der Waals surface area contributed by atoms with Gasteiger partial charge in [-0.3, -0.25) is 0 Å². The Kier molecular flexibility index (Phi) is 2.80. The zero-order valence-electron chi connectivity index (χ0n) is 9.26. The number of rotatable bonds is 1. The molecule has 1 aromatic carbocycles. The SMILES string of the molecule is CC1(O)CC(c2ccccc2)CS(=O)(=O)C1.